The van der Waals surface area contributed by atoms with Crippen LogP contribution in [0.4, 0.5) is 0 Å². The van der Waals surface area contributed by atoms with Crippen LogP contribution in [0.5, 0.6) is 0 Å². The van der Waals surface area contributed by atoms with Gasteiger partial charge in [-0.15, -0.1) is 0 Å². The van der Waals surface area contributed by atoms with Crippen molar-refractivity contribution in [3.8, 4) is 0 Å². The lowest BCUT2D eigenvalue weighted by molar-refractivity contribution is 0.452. The van der Waals surface area contributed by atoms with Crippen molar-refractivity contribution in [2.45, 2.75) is 19.6 Å². The van der Waals surface area contributed by atoms with E-state index in [4.69, 9.17) is 8.91 Å². The maximum absolute atomic E-state index is 8.35. The van der Waals surface area contributed by atoms with Crippen molar-refractivity contribution in [2.75, 3.05) is 0 Å². The minimum absolute atomic E-state index is 1.13. The quantitative estimate of drug-likeness (QED) is 0.534. The van der Waals surface area contributed by atoms with Gasteiger partial charge < -0.3 is 8.91 Å². The number of rotatable bonds is 2. The largest absolute Gasteiger partial charge is 0.441 e. The Balaban J connectivity index is 3.15. The second-order valence-electron chi connectivity index (χ2n) is 2.39. The molecule has 2 nitrogen and oxygen atoms in total. The van der Waals surface area contributed by atoms with E-state index < -0.39 is 18.3 Å². The van der Waals surface area contributed by atoms with Gasteiger partial charge in [0.25, 0.3) is 10.0 Å². The van der Waals surface area contributed by atoms with Crippen LogP contribution in [0, 0.1) is 0 Å². The highest BCUT2D eigenvalue weighted by Gasteiger charge is 2.11. The summed E-state index contributed by atoms with van der Waals surface area (Å²) in [6, 6.07) is 0. The second-order valence-corrected chi connectivity index (χ2v) is 8.02. The smallest absolute Gasteiger partial charge is 0.291 e. The molecule has 44 valence electrons. The molecule has 7 heavy (non-hydrogen) atoms. The van der Waals surface area contributed by atoms with Crippen LogP contribution in [0.1, 0.15) is 0 Å². The molecule has 0 atom stereocenters. The van der Waals surface area contributed by atoms with Crippen molar-refractivity contribution in [3.63, 3.8) is 0 Å². The third-order valence-electron chi connectivity index (χ3n) is 0.498. The van der Waals surface area contributed by atoms with Gasteiger partial charge in [0.15, 0.2) is 8.32 Å². The standard InChI is InChI=1S/C3H12O2Si2/c1-7(2,3)5-6-4/h4H,6H2,1-3H3. The molecule has 0 aliphatic heterocycles. The summed E-state index contributed by atoms with van der Waals surface area (Å²) in [7, 11) is -2.47. The second kappa shape index (κ2) is 2.61. The summed E-state index contributed by atoms with van der Waals surface area (Å²) in [6.07, 6.45) is 0. The first-order valence-electron chi connectivity index (χ1n) is 2.31. The Kier molecular flexibility index (Phi) is 2.74. The highest BCUT2D eigenvalue weighted by molar-refractivity contribution is 6.73. The van der Waals surface area contributed by atoms with Crippen molar-refractivity contribution in [2.24, 2.45) is 0 Å². The summed E-state index contributed by atoms with van der Waals surface area (Å²) in [4.78, 5) is 8.35. The minimum Gasteiger partial charge on any atom is -0.441 e. The van der Waals surface area contributed by atoms with Crippen LogP contribution in [0.3, 0.4) is 0 Å². The molecule has 0 aromatic heterocycles. The highest BCUT2D eigenvalue weighted by Crippen LogP contribution is 1.98. The first-order valence-corrected chi connectivity index (χ1v) is 6.93. The normalized spacial score (nSPS) is 13.7. The maximum Gasteiger partial charge on any atom is 0.291 e. The molecular formula is C3H12O2Si2. The van der Waals surface area contributed by atoms with Gasteiger partial charge in [-0.3, -0.25) is 0 Å². The van der Waals surface area contributed by atoms with Gasteiger partial charge in [-0.2, -0.15) is 0 Å². The fraction of sp³-hybridized carbons (Fsp3) is 1.00. The Morgan fingerprint density at radius 1 is 1.43 bits per heavy atom. The Bertz CT molecular complexity index is 49.4. The van der Waals surface area contributed by atoms with Gasteiger partial charge in [-0.05, 0) is 19.6 Å². The summed E-state index contributed by atoms with van der Waals surface area (Å²) in [5.41, 5.74) is 0. The molecule has 0 aliphatic carbocycles. The molecule has 0 spiro atoms. The van der Waals surface area contributed by atoms with Crippen molar-refractivity contribution < 1.29 is 8.91 Å². The average molecular weight is 136 g/mol. The zero-order valence-corrected chi connectivity index (χ0v) is 7.48. The SMILES string of the molecule is C[Si](C)(C)O[SiH2]O. The van der Waals surface area contributed by atoms with E-state index in [1.54, 1.807) is 0 Å². The van der Waals surface area contributed by atoms with Crippen LogP contribution < -0.4 is 0 Å². The van der Waals surface area contributed by atoms with Gasteiger partial charge >= 0.3 is 0 Å². The zero-order chi connectivity index (χ0) is 5.91. The molecule has 0 saturated heterocycles. The van der Waals surface area contributed by atoms with Crippen LogP contribution in [0.25, 0.3) is 0 Å². The van der Waals surface area contributed by atoms with E-state index >= 15 is 0 Å². The molecule has 1 N–H and O–H groups in total. The van der Waals surface area contributed by atoms with Gasteiger partial charge in [0.1, 0.15) is 0 Å². The van der Waals surface area contributed by atoms with Crippen LogP contribution in [0.15, 0.2) is 0 Å². The molecule has 4 heteroatoms. The summed E-state index contributed by atoms with van der Waals surface area (Å²) >= 11 is 0. The molecular weight excluding hydrogens is 124 g/mol. The Hall–Kier alpha value is 0.354. The molecule has 0 aromatic rings. The maximum atomic E-state index is 8.35. The van der Waals surface area contributed by atoms with E-state index in [2.05, 4.69) is 19.6 Å². The van der Waals surface area contributed by atoms with E-state index in [1.807, 2.05) is 0 Å². The summed E-state index contributed by atoms with van der Waals surface area (Å²) in [5.74, 6) is 0. The molecule has 0 saturated carbocycles. The molecule has 0 bridgehead atoms. The van der Waals surface area contributed by atoms with E-state index in [9.17, 15) is 0 Å². The molecule has 0 aromatic carbocycles. The van der Waals surface area contributed by atoms with Crippen molar-refractivity contribution >= 4 is 18.3 Å². The zero-order valence-electron chi connectivity index (χ0n) is 5.06. The van der Waals surface area contributed by atoms with Crippen molar-refractivity contribution in [1.82, 2.24) is 0 Å². The monoisotopic (exact) mass is 136 g/mol. The summed E-state index contributed by atoms with van der Waals surface area (Å²) in [5, 5.41) is 0. The fourth-order valence-corrected chi connectivity index (χ4v) is 1.74. The number of hydrogen-bond acceptors (Lipinski definition) is 2. The summed E-state index contributed by atoms with van der Waals surface area (Å²) in [6.45, 7) is 6.20. The molecule has 0 radical (unpaired) electrons. The molecule has 0 fully saturated rings. The predicted octanol–water partition coefficient (Wildman–Crippen LogP) is -0.171. The van der Waals surface area contributed by atoms with E-state index in [-0.39, 0.29) is 0 Å². The topological polar surface area (TPSA) is 29.5 Å². The minimum atomic E-state index is -1.35. The van der Waals surface area contributed by atoms with E-state index in [1.165, 1.54) is 0 Å². The highest BCUT2D eigenvalue weighted by atomic mass is 28.4. The first-order chi connectivity index (χ1) is 3.06. The molecule has 0 heterocycles. The van der Waals surface area contributed by atoms with Crippen molar-refractivity contribution in [1.29, 1.82) is 0 Å². The van der Waals surface area contributed by atoms with E-state index in [0.29, 0.717) is 0 Å². The molecule has 0 amide bonds. The lowest BCUT2D eigenvalue weighted by Gasteiger charge is -2.13. The Morgan fingerprint density at radius 2 is 1.86 bits per heavy atom. The van der Waals surface area contributed by atoms with Crippen LogP contribution in [0.2, 0.25) is 19.6 Å². The van der Waals surface area contributed by atoms with Gasteiger partial charge in [0.05, 0.1) is 0 Å². The number of hydrogen-bond donors (Lipinski definition) is 1. The Labute approximate surface area is 47.7 Å². The summed E-state index contributed by atoms with van der Waals surface area (Å²) < 4.78 is 5.06. The fourth-order valence-electron chi connectivity index (χ4n) is 0.194. The lowest BCUT2D eigenvalue weighted by atomic mass is 11.8. The molecule has 0 rings (SSSR count). The molecule has 0 aliphatic rings. The van der Waals surface area contributed by atoms with E-state index in [0.717, 1.165) is 0 Å². The van der Waals surface area contributed by atoms with Crippen LogP contribution in [-0.2, 0) is 4.12 Å². The Morgan fingerprint density at radius 3 is 1.86 bits per heavy atom. The van der Waals surface area contributed by atoms with Crippen LogP contribution >= 0.6 is 0 Å². The van der Waals surface area contributed by atoms with Crippen LogP contribution in [-0.4, -0.2) is 23.1 Å². The third-order valence-corrected chi connectivity index (χ3v) is 4.48. The first kappa shape index (κ1) is 7.35. The lowest BCUT2D eigenvalue weighted by Crippen LogP contribution is -2.27. The average Bonchev–Trinajstić information content (AvgIpc) is 1.30. The van der Waals surface area contributed by atoms with Gasteiger partial charge in [0, 0.05) is 0 Å². The predicted molar refractivity (Wildman–Crippen MR) is 35.2 cm³/mol. The van der Waals surface area contributed by atoms with Gasteiger partial charge in [0.2, 0.25) is 0 Å². The van der Waals surface area contributed by atoms with Crippen molar-refractivity contribution in [3.05, 3.63) is 0 Å². The molecule has 0 unspecified atom stereocenters. The van der Waals surface area contributed by atoms with Gasteiger partial charge in [-0.25, -0.2) is 0 Å². The van der Waals surface area contributed by atoms with Gasteiger partial charge in [-0.1, -0.05) is 0 Å². The third kappa shape index (κ3) is 6.35.